The molecule has 0 aromatic rings. The van der Waals surface area contributed by atoms with E-state index in [-0.39, 0.29) is 25.4 Å². The molecule has 1 aliphatic heterocycles. The van der Waals surface area contributed by atoms with Crippen molar-refractivity contribution < 1.29 is 24.4 Å². The SMILES string of the molecule is OCCCOCC(CO)OCC1CO1. The van der Waals surface area contributed by atoms with Crippen LogP contribution in [0.5, 0.6) is 0 Å². The van der Waals surface area contributed by atoms with Crippen molar-refractivity contribution in [3.05, 3.63) is 0 Å². The van der Waals surface area contributed by atoms with Gasteiger partial charge in [-0.1, -0.05) is 0 Å². The minimum Gasteiger partial charge on any atom is -0.396 e. The van der Waals surface area contributed by atoms with Gasteiger partial charge in [0.25, 0.3) is 0 Å². The van der Waals surface area contributed by atoms with Gasteiger partial charge in [-0.15, -0.1) is 0 Å². The topological polar surface area (TPSA) is 71.5 Å². The number of hydrogen-bond acceptors (Lipinski definition) is 5. The van der Waals surface area contributed by atoms with E-state index in [0.29, 0.717) is 26.2 Å². The Bertz CT molecular complexity index is 137. The van der Waals surface area contributed by atoms with Gasteiger partial charge in [0.05, 0.1) is 26.4 Å². The zero-order valence-corrected chi connectivity index (χ0v) is 8.22. The molecule has 1 rings (SSSR count). The van der Waals surface area contributed by atoms with Gasteiger partial charge < -0.3 is 24.4 Å². The third-order valence-electron chi connectivity index (χ3n) is 1.87. The van der Waals surface area contributed by atoms with Crippen molar-refractivity contribution in [1.82, 2.24) is 0 Å². The number of hydrogen-bond donors (Lipinski definition) is 2. The molecule has 0 bridgehead atoms. The van der Waals surface area contributed by atoms with Crippen LogP contribution in [-0.4, -0.2) is 62.1 Å². The molecule has 0 radical (unpaired) electrons. The Morgan fingerprint density at radius 1 is 1.43 bits per heavy atom. The van der Waals surface area contributed by atoms with Crippen LogP contribution in [0, 0.1) is 0 Å². The first-order valence-electron chi connectivity index (χ1n) is 4.89. The molecule has 0 amide bonds. The zero-order valence-electron chi connectivity index (χ0n) is 8.22. The average Bonchev–Trinajstić information content (AvgIpc) is 3.01. The fourth-order valence-electron chi connectivity index (χ4n) is 0.943. The second-order valence-corrected chi connectivity index (χ2v) is 3.25. The molecule has 5 nitrogen and oxygen atoms in total. The highest BCUT2D eigenvalue weighted by molar-refractivity contribution is 4.68. The van der Waals surface area contributed by atoms with E-state index in [4.69, 9.17) is 24.4 Å². The molecule has 0 aromatic heterocycles. The Hall–Kier alpha value is -0.200. The molecule has 0 saturated carbocycles. The van der Waals surface area contributed by atoms with E-state index in [0.717, 1.165) is 6.61 Å². The van der Waals surface area contributed by atoms with Crippen LogP contribution in [0.3, 0.4) is 0 Å². The van der Waals surface area contributed by atoms with E-state index in [1.807, 2.05) is 0 Å². The summed E-state index contributed by atoms with van der Waals surface area (Å²) in [5, 5.41) is 17.4. The Labute approximate surface area is 83.6 Å². The maximum absolute atomic E-state index is 8.92. The second-order valence-electron chi connectivity index (χ2n) is 3.25. The van der Waals surface area contributed by atoms with Gasteiger partial charge in [-0.25, -0.2) is 0 Å². The molecule has 0 spiro atoms. The van der Waals surface area contributed by atoms with Crippen molar-refractivity contribution in [2.75, 3.05) is 39.6 Å². The number of aliphatic hydroxyl groups excluding tert-OH is 2. The van der Waals surface area contributed by atoms with Gasteiger partial charge >= 0.3 is 0 Å². The van der Waals surface area contributed by atoms with Crippen molar-refractivity contribution in [1.29, 1.82) is 0 Å². The van der Waals surface area contributed by atoms with E-state index < -0.39 is 0 Å². The molecule has 1 saturated heterocycles. The largest absolute Gasteiger partial charge is 0.396 e. The number of epoxide rings is 1. The molecule has 1 heterocycles. The fraction of sp³-hybridized carbons (Fsp3) is 1.00. The Morgan fingerprint density at radius 3 is 2.79 bits per heavy atom. The van der Waals surface area contributed by atoms with Gasteiger partial charge in [0.2, 0.25) is 0 Å². The molecular weight excluding hydrogens is 188 g/mol. The van der Waals surface area contributed by atoms with Gasteiger partial charge in [0, 0.05) is 13.2 Å². The fourth-order valence-corrected chi connectivity index (χ4v) is 0.943. The third-order valence-corrected chi connectivity index (χ3v) is 1.87. The van der Waals surface area contributed by atoms with Gasteiger partial charge in [-0.05, 0) is 6.42 Å². The molecule has 2 unspecified atom stereocenters. The van der Waals surface area contributed by atoms with Crippen molar-refractivity contribution in [3.63, 3.8) is 0 Å². The van der Waals surface area contributed by atoms with Crippen molar-refractivity contribution in [2.45, 2.75) is 18.6 Å². The van der Waals surface area contributed by atoms with Crippen LogP contribution >= 0.6 is 0 Å². The second kappa shape index (κ2) is 7.14. The number of ether oxygens (including phenoxy) is 3. The molecule has 0 aliphatic carbocycles. The van der Waals surface area contributed by atoms with Gasteiger partial charge in [-0.3, -0.25) is 0 Å². The first kappa shape index (κ1) is 11.9. The van der Waals surface area contributed by atoms with Crippen LogP contribution in [-0.2, 0) is 14.2 Å². The molecule has 1 aliphatic rings. The summed E-state index contributed by atoms with van der Waals surface area (Å²) in [5.74, 6) is 0. The van der Waals surface area contributed by atoms with E-state index in [1.165, 1.54) is 0 Å². The van der Waals surface area contributed by atoms with Crippen LogP contribution < -0.4 is 0 Å². The highest BCUT2D eigenvalue weighted by Gasteiger charge is 2.24. The lowest BCUT2D eigenvalue weighted by Gasteiger charge is -2.14. The normalized spacial score (nSPS) is 22.3. The van der Waals surface area contributed by atoms with Crippen LogP contribution in [0.1, 0.15) is 6.42 Å². The zero-order chi connectivity index (χ0) is 10.2. The third kappa shape index (κ3) is 5.51. The summed E-state index contributed by atoms with van der Waals surface area (Å²) < 4.78 is 15.5. The van der Waals surface area contributed by atoms with Crippen molar-refractivity contribution in [3.8, 4) is 0 Å². The van der Waals surface area contributed by atoms with Gasteiger partial charge in [0.1, 0.15) is 12.2 Å². The lowest BCUT2D eigenvalue weighted by molar-refractivity contribution is -0.0475. The molecule has 14 heavy (non-hydrogen) atoms. The van der Waals surface area contributed by atoms with E-state index in [2.05, 4.69) is 0 Å². The van der Waals surface area contributed by atoms with E-state index in [1.54, 1.807) is 0 Å². The average molecular weight is 206 g/mol. The Balaban J connectivity index is 1.93. The first-order chi connectivity index (χ1) is 6.86. The van der Waals surface area contributed by atoms with Crippen LogP contribution in [0.25, 0.3) is 0 Å². The lowest BCUT2D eigenvalue weighted by atomic mass is 10.4. The minimum absolute atomic E-state index is 0.0498. The Kier molecular flexibility index (Phi) is 6.05. The highest BCUT2D eigenvalue weighted by atomic mass is 16.6. The highest BCUT2D eigenvalue weighted by Crippen LogP contribution is 2.09. The monoisotopic (exact) mass is 206 g/mol. The van der Waals surface area contributed by atoms with Crippen molar-refractivity contribution >= 4 is 0 Å². The molecule has 5 heteroatoms. The summed E-state index contributed by atoms with van der Waals surface area (Å²) in [5.41, 5.74) is 0. The molecule has 2 N–H and O–H groups in total. The molecule has 2 atom stereocenters. The van der Waals surface area contributed by atoms with Gasteiger partial charge in [0.15, 0.2) is 0 Å². The predicted molar refractivity (Wildman–Crippen MR) is 49.1 cm³/mol. The summed E-state index contributed by atoms with van der Waals surface area (Å²) in [7, 11) is 0. The minimum atomic E-state index is -0.280. The van der Waals surface area contributed by atoms with Gasteiger partial charge in [-0.2, -0.15) is 0 Å². The maximum Gasteiger partial charge on any atom is 0.104 e. The molecule has 1 fully saturated rings. The van der Waals surface area contributed by atoms with E-state index >= 15 is 0 Å². The summed E-state index contributed by atoms with van der Waals surface area (Å²) in [6, 6.07) is 0. The summed E-state index contributed by atoms with van der Waals surface area (Å²) >= 11 is 0. The molecular formula is C9H18O5. The van der Waals surface area contributed by atoms with Crippen molar-refractivity contribution in [2.24, 2.45) is 0 Å². The van der Waals surface area contributed by atoms with Crippen LogP contribution in [0.4, 0.5) is 0 Å². The van der Waals surface area contributed by atoms with Crippen LogP contribution in [0.15, 0.2) is 0 Å². The lowest BCUT2D eigenvalue weighted by Crippen LogP contribution is -2.26. The first-order valence-corrected chi connectivity index (χ1v) is 4.89. The molecule has 0 aromatic carbocycles. The molecule has 84 valence electrons. The quantitative estimate of drug-likeness (QED) is 0.380. The van der Waals surface area contributed by atoms with Crippen LogP contribution in [0.2, 0.25) is 0 Å². The van der Waals surface area contributed by atoms with E-state index in [9.17, 15) is 0 Å². The standard InChI is InChI=1S/C9H18O5/c10-2-1-3-12-5-8(4-11)13-6-9-7-14-9/h8-11H,1-7H2. The summed E-state index contributed by atoms with van der Waals surface area (Å²) in [6.07, 6.45) is 0.545. The summed E-state index contributed by atoms with van der Waals surface area (Å²) in [4.78, 5) is 0. The summed E-state index contributed by atoms with van der Waals surface area (Å²) in [6.45, 7) is 2.21. The number of rotatable bonds is 9. The smallest absolute Gasteiger partial charge is 0.104 e. The number of aliphatic hydroxyl groups is 2. The Morgan fingerprint density at radius 2 is 2.21 bits per heavy atom. The maximum atomic E-state index is 8.92. The predicted octanol–water partition coefficient (Wildman–Crippen LogP) is -0.838.